The minimum absolute atomic E-state index is 0.185. The molecule has 1 unspecified atom stereocenters. The lowest BCUT2D eigenvalue weighted by Gasteiger charge is -2.09. The van der Waals surface area contributed by atoms with Crippen molar-refractivity contribution in [2.24, 2.45) is 5.73 Å². The first-order chi connectivity index (χ1) is 9.19. The highest BCUT2D eigenvalue weighted by atomic mass is 32.2. The number of aromatic nitrogens is 1. The second-order valence-electron chi connectivity index (χ2n) is 3.70. The fourth-order valence-corrected chi connectivity index (χ4v) is 2.23. The molecular weight excluding hydrogens is 264 g/mol. The molecule has 1 atom stereocenters. The maximum absolute atomic E-state index is 11.9. The summed E-state index contributed by atoms with van der Waals surface area (Å²) in [4.78, 5) is 27.0. The maximum Gasteiger partial charge on any atom is 0.279 e. The normalized spacial score (nSPS) is 17.3. The fourth-order valence-electron chi connectivity index (χ4n) is 1.45. The molecule has 7 heteroatoms. The Hall–Kier alpha value is -2.04. The van der Waals surface area contributed by atoms with Crippen molar-refractivity contribution >= 4 is 28.7 Å². The molecule has 19 heavy (non-hydrogen) atoms. The Balaban J connectivity index is 2.02. The first-order valence-corrected chi connectivity index (χ1v) is 6.58. The summed E-state index contributed by atoms with van der Waals surface area (Å²) in [5.74, 6) is 6.02. The van der Waals surface area contributed by atoms with E-state index in [0.717, 1.165) is 11.8 Å². The average Bonchev–Trinajstić information content (AvgIpc) is 2.83. The Morgan fingerprint density at radius 1 is 1.63 bits per heavy atom. The molecule has 6 nitrogen and oxygen atoms in total. The number of hydrogen-bond donors (Lipinski definition) is 3. The zero-order chi connectivity index (χ0) is 13.7. The Labute approximate surface area is 114 Å². The summed E-state index contributed by atoms with van der Waals surface area (Å²) >= 11 is 1.09. The van der Waals surface area contributed by atoms with Crippen LogP contribution in [0.2, 0.25) is 0 Å². The molecule has 1 saturated heterocycles. The minimum atomic E-state index is -0.516. The highest BCUT2D eigenvalue weighted by Gasteiger charge is 2.28. The Bertz CT molecular complexity index is 564. The molecule has 0 aromatic carbocycles. The predicted molar refractivity (Wildman–Crippen MR) is 73.6 cm³/mol. The molecule has 1 aliphatic heterocycles. The standard InChI is InChI=1S/C12H12N4O2S/c13-6-2-4-8-3-1-5-10(14-8)16-11(17)9-7-19-12(18)15-9/h1,3,5,9H,6-7,13H2,(H,15,18)(H,14,16,17). The highest BCUT2D eigenvalue weighted by molar-refractivity contribution is 8.14. The number of hydrogen-bond acceptors (Lipinski definition) is 5. The van der Waals surface area contributed by atoms with Gasteiger partial charge in [0.05, 0.1) is 6.54 Å². The number of carbonyl (C=O) groups is 2. The fraction of sp³-hybridized carbons (Fsp3) is 0.250. The van der Waals surface area contributed by atoms with E-state index in [-0.39, 0.29) is 17.7 Å². The molecule has 1 aromatic heterocycles. The van der Waals surface area contributed by atoms with E-state index in [1.807, 2.05) is 0 Å². The van der Waals surface area contributed by atoms with Crippen LogP contribution >= 0.6 is 11.8 Å². The SMILES string of the molecule is NCC#Cc1cccc(NC(=O)C2CSC(=O)N2)n1. The van der Waals surface area contributed by atoms with E-state index in [0.29, 0.717) is 17.3 Å². The quantitative estimate of drug-likeness (QED) is 0.668. The third kappa shape index (κ3) is 3.71. The van der Waals surface area contributed by atoms with Gasteiger partial charge in [0.25, 0.3) is 5.24 Å². The van der Waals surface area contributed by atoms with E-state index in [9.17, 15) is 9.59 Å². The van der Waals surface area contributed by atoms with Crippen LogP contribution in [0.5, 0.6) is 0 Å². The van der Waals surface area contributed by atoms with Crippen LogP contribution in [0.15, 0.2) is 18.2 Å². The van der Waals surface area contributed by atoms with Crippen molar-refractivity contribution in [2.45, 2.75) is 6.04 Å². The third-order valence-electron chi connectivity index (χ3n) is 2.31. The van der Waals surface area contributed by atoms with Crippen LogP contribution in [0, 0.1) is 11.8 Å². The Morgan fingerprint density at radius 3 is 3.16 bits per heavy atom. The Kier molecular flexibility index (Phi) is 4.39. The molecule has 1 fully saturated rings. The summed E-state index contributed by atoms with van der Waals surface area (Å²) < 4.78 is 0. The number of amides is 2. The van der Waals surface area contributed by atoms with Gasteiger partial charge in [-0.05, 0) is 18.1 Å². The molecule has 0 saturated carbocycles. The number of carbonyl (C=O) groups excluding carboxylic acids is 2. The van der Waals surface area contributed by atoms with Crippen LogP contribution in [0.4, 0.5) is 10.6 Å². The molecule has 0 bridgehead atoms. The van der Waals surface area contributed by atoms with Gasteiger partial charge in [0.2, 0.25) is 5.91 Å². The van der Waals surface area contributed by atoms with E-state index in [1.54, 1.807) is 18.2 Å². The largest absolute Gasteiger partial charge is 0.334 e. The van der Waals surface area contributed by atoms with Gasteiger partial charge in [0.1, 0.15) is 17.6 Å². The number of thioether (sulfide) groups is 1. The van der Waals surface area contributed by atoms with E-state index in [2.05, 4.69) is 27.5 Å². The van der Waals surface area contributed by atoms with Crippen LogP contribution in [0.1, 0.15) is 5.69 Å². The molecule has 0 spiro atoms. The minimum Gasteiger partial charge on any atom is -0.334 e. The van der Waals surface area contributed by atoms with Crippen LogP contribution in [-0.4, -0.2) is 34.5 Å². The summed E-state index contributed by atoms with van der Waals surface area (Å²) in [5, 5.41) is 5.02. The number of nitrogens with two attached hydrogens (primary N) is 1. The molecule has 2 amide bonds. The van der Waals surface area contributed by atoms with Gasteiger partial charge in [0.15, 0.2) is 0 Å². The van der Waals surface area contributed by atoms with Crippen LogP contribution in [0.25, 0.3) is 0 Å². The van der Waals surface area contributed by atoms with Crippen molar-refractivity contribution in [3.63, 3.8) is 0 Å². The van der Waals surface area contributed by atoms with Gasteiger partial charge < -0.3 is 16.4 Å². The zero-order valence-corrected chi connectivity index (χ0v) is 10.8. The molecule has 1 aromatic rings. The lowest BCUT2D eigenvalue weighted by Crippen LogP contribution is -2.38. The molecule has 0 aliphatic carbocycles. The number of pyridine rings is 1. The molecule has 4 N–H and O–H groups in total. The lowest BCUT2D eigenvalue weighted by atomic mass is 10.3. The van der Waals surface area contributed by atoms with Gasteiger partial charge in [0, 0.05) is 5.75 Å². The number of rotatable bonds is 2. The molecule has 2 heterocycles. The molecule has 98 valence electrons. The second-order valence-corrected chi connectivity index (χ2v) is 4.69. The topological polar surface area (TPSA) is 97.1 Å². The van der Waals surface area contributed by atoms with Crippen molar-refractivity contribution in [3.8, 4) is 11.8 Å². The first-order valence-electron chi connectivity index (χ1n) is 5.59. The molecule has 2 rings (SSSR count). The van der Waals surface area contributed by atoms with Crippen molar-refractivity contribution in [1.29, 1.82) is 0 Å². The maximum atomic E-state index is 11.9. The summed E-state index contributed by atoms with van der Waals surface area (Å²) in [6.07, 6.45) is 0. The number of anilines is 1. The average molecular weight is 276 g/mol. The van der Waals surface area contributed by atoms with Crippen molar-refractivity contribution in [1.82, 2.24) is 10.3 Å². The van der Waals surface area contributed by atoms with Gasteiger partial charge >= 0.3 is 0 Å². The highest BCUT2D eigenvalue weighted by Crippen LogP contribution is 2.14. The number of nitrogens with zero attached hydrogens (tertiary/aromatic N) is 1. The van der Waals surface area contributed by atoms with E-state index < -0.39 is 6.04 Å². The van der Waals surface area contributed by atoms with Gasteiger partial charge in [-0.2, -0.15) is 0 Å². The monoisotopic (exact) mass is 276 g/mol. The second kappa shape index (κ2) is 6.22. The van der Waals surface area contributed by atoms with Gasteiger partial charge in [-0.3, -0.25) is 9.59 Å². The zero-order valence-electron chi connectivity index (χ0n) is 9.97. The summed E-state index contributed by atoms with van der Waals surface area (Å²) in [5.41, 5.74) is 5.81. The van der Waals surface area contributed by atoms with Gasteiger partial charge in [-0.15, -0.1) is 0 Å². The Morgan fingerprint density at radius 2 is 2.47 bits per heavy atom. The summed E-state index contributed by atoms with van der Waals surface area (Å²) in [6.45, 7) is 0.254. The third-order valence-corrected chi connectivity index (χ3v) is 3.19. The predicted octanol–water partition coefficient (Wildman–Crippen LogP) is 0.155. The van der Waals surface area contributed by atoms with Crippen molar-refractivity contribution in [2.75, 3.05) is 17.6 Å². The molecule has 1 aliphatic rings. The van der Waals surface area contributed by atoms with Crippen molar-refractivity contribution < 1.29 is 9.59 Å². The van der Waals surface area contributed by atoms with Crippen LogP contribution in [0.3, 0.4) is 0 Å². The van der Waals surface area contributed by atoms with E-state index >= 15 is 0 Å². The molecule has 0 radical (unpaired) electrons. The van der Waals surface area contributed by atoms with Gasteiger partial charge in [-0.25, -0.2) is 4.98 Å². The summed E-state index contributed by atoms with van der Waals surface area (Å²) in [6, 6.07) is 4.62. The van der Waals surface area contributed by atoms with Crippen LogP contribution in [-0.2, 0) is 4.79 Å². The smallest absolute Gasteiger partial charge is 0.279 e. The van der Waals surface area contributed by atoms with E-state index in [1.165, 1.54) is 0 Å². The van der Waals surface area contributed by atoms with Crippen LogP contribution < -0.4 is 16.4 Å². The molecular formula is C12H12N4O2S. The summed E-state index contributed by atoms with van der Waals surface area (Å²) in [7, 11) is 0. The number of nitrogens with one attached hydrogen (secondary N) is 2. The lowest BCUT2D eigenvalue weighted by molar-refractivity contribution is -0.117. The first kappa shape index (κ1) is 13.4. The van der Waals surface area contributed by atoms with Gasteiger partial charge in [-0.1, -0.05) is 23.7 Å². The van der Waals surface area contributed by atoms with E-state index in [4.69, 9.17) is 5.73 Å². The van der Waals surface area contributed by atoms with Crippen molar-refractivity contribution in [3.05, 3.63) is 23.9 Å².